The number of aliphatic hydroxyl groups is 1. The lowest BCUT2D eigenvalue weighted by Crippen LogP contribution is -2.46. The van der Waals surface area contributed by atoms with Crippen LogP contribution >= 0.6 is 0 Å². The number of aliphatic hydroxyl groups excluding tert-OH is 1. The van der Waals surface area contributed by atoms with Gasteiger partial charge in [-0.2, -0.15) is 4.31 Å². The van der Waals surface area contributed by atoms with Gasteiger partial charge in [0, 0.05) is 12.6 Å². The minimum absolute atomic E-state index is 0.129. The van der Waals surface area contributed by atoms with Crippen molar-refractivity contribution in [3.63, 3.8) is 0 Å². The molecule has 4 nitrogen and oxygen atoms in total. The molecule has 2 fully saturated rings. The SMILES string of the molecule is CC(O)CN(C1CCCCC1)S(=O)(=O)C1CC1. The molecule has 1 atom stereocenters. The van der Waals surface area contributed by atoms with Crippen LogP contribution in [0.25, 0.3) is 0 Å². The van der Waals surface area contributed by atoms with E-state index in [9.17, 15) is 13.5 Å². The van der Waals surface area contributed by atoms with Crippen LogP contribution in [0, 0.1) is 0 Å². The predicted molar refractivity (Wildman–Crippen MR) is 67.2 cm³/mol. The van der Waals surface area contributed by atoms with E-state index in [1.165, 1.54) is 6.42 Å². The second-order valence-corrected chi connectivity index (χ2v) is 7.62. The zero-order valence-corrected chi connectivity index (χ0v) is 11.3. The van der Waals surface area contributed by atoms with E-state index in [0.29, 0.717) is 0 Å². The van der Waals surface area contributed by atoms with E-state index in [1.54, 1.807) is 11.2 Å². The Balaban J connectivity index is 2.11. The van der Waals surface area contributed by atoms with Gasteiger partial charge in [0.2, 0.25) is 10.0 Å². The Morgan fingerprint density at radius 2 is 1.76 bits per heavy atom. The van der Waals surface area contributed by atoms with Crippen molar-refractivity contribution in [3.05, 3.63) is 0 Å². The lowest BCUT2D eigenvalue weighted by atomic mass is 9.95. The number of nitrogens with zero attached hydrogens (tertiary/aromatic N) is 1. The van der Waals surface area contributed by atoms with Crippen LogP contribution in [0.4, 0.5) is 0 Å². The largest absolute Gasteiger partial charge is 0.392 e. The molecule has 100 valence electrons. The second-order valence-electron chi connectivity index (χ2n) is 5.45. The van der Waals surface area contributed by atoms with Crippen molar-refractivity contribution in [1.82, 2.24) is 4.31 Å². The van der Waals surface area contributed by atoms with E-state index in [0.717, 1.165) is 38.5 Å². The smallest absolute Gasteiger partial charge is 0.217 e. The molecule has 2 saturated carbocycles. The Morgan fingerprint density at radius 3 is 2.24 bits per heavy atom. The highest BCUT2D eigenvalue weighted by molar-refractivity contribution is 7.90. The van der Waals surface area contributed by atoms with Gasteiger partial charge in [-0.3, -0.25) is 0 Å². The van der Waals surface area contributed by atoms with Crippen molar-refractivity contribution in [2.24, 2.45) is 0 Å². The predicted octanol–water partition coefficient (Wildman–Crippen LogP) is 1.49. The van der Waals surface area contributed by atoms with Crippen LogP contribution in [-0.2, 0) is 10.0 Å². The standard InChI is InChI=1S/C12H23NO3S/c1-10(14)9-13(11-5-3-2-4-6-11)17(15,16)12-7-8-12/h10-12,14H,2-9H2,1H3. The number of hydrogen-bond donors (Lipinski definition) is 1. The average molecular weight is 261 g/mol. The van der Waals surface area contributed by atoms with E-state index >= 15 is 0 Å². The van der Waals surface area contributed by atoms with E-state index in [2.05, 4.69) is 0 Å². The van der Waals surface area contributed by atoms with Crippen molar-refractivity contribution >= 4 is 10.0 Å². The Hall–Kier alpha value is -0.130. The summed E-state index contributed by atoms with van der Waals surface area (Å²) in [7, 11) is -3.15. The monoisotopic (exact) mass is 261 g/mol. The molecule has 1 N–H and O–H groups in total. The first kappa shape index (κ1) is 13.3. The van der Waals surface area contributed by atoms with Crippen LogP contribution in [0.2, 0.25) is 0 Å². The van der Waals surface area contributed by atoms with Gasteiger partial charge in [-0.1, -0.05) is 19.3 Å². The highest BCUT2D eigenvalue weighted by Gasteiger charge is 2.43. The first-order chi connectivity index (χ1) is 8.01. The van der Waals surface area contributed by atoms with Gasteiger partial charge in [-0.15, -0.1) is 0 Å². The normalized spacial score (nSPS) is 25.1. The fourth-order valence-electron chi connectivity index (χ4n) is 2.65. The molecule has 0 amide bonds. The second kappa shape index (κ2) is 5.24. The summed E-state index contributed by atoms with van der Waals surface area (Å²) >= 11 is 0. The molecule has 0 heterocycles. The molecule has 17 heavy (non-hydrogen) atoms. The van der Waals surface area contributed by atoms with E-state index in [4.69, 9.17) is 0 Å². The van der Waals surface area contributed by atoms with Crippen LogP contribution < -0.4 is 0 Å². The van der Waals surface area contributed by atoms with E-state index in [-0.39, 0.29) is 17.8 Å². The minimum atomic E-state index is -3.15. The summed E-state index contributed by atoms with van der Waals surface area (Å²) in [6.07, 6.45) is 6.37. The van der Waals surface area contributed by atoms with Gasteiger partial charge in [0.05, 0.1) is 11.4 Å². The fraction of sp³-hybridized carbons (Fsp3) is 1.00. The minimum Gasteiger partial charge on any atom is -0.392 e. The first-order valence-electron chi connectivity index (χ1n) is 6.70. The molecular formula is C12H23NO3S. The third-order valence-electron chi connectivity index (χ3n) is 3.70. The van der Waals surface area contributed by atoms with Crippen LogP contribution in [0.1, 0.15) is 51.9 Å². The summed E-state index contributed by atoms with van der Waals surface area (Å²) in [4.78, 5) is 0. The molecule has 0 spiro atoms. The van der Waals surface area contributed by atoms with E-state index in [1.807, 2.05) is 0 Å². The number of sulfonamides is 1. The molecule has 0 radical (unpaired) electrons. The third-order valence-corrected chi connectivity index (χ3v) is 6.11. The number of rotatable bonds is 5. The van der Waals surface area contributed by atoms with Crippen molar-refractivity contribution in [1.29, 1.82) is 0 Å². The average Bonchev–Trinajstić information content (AvgIpc) is 3.10. The summed E-state index contributed by atoms with van der Waals surface area (Å²) in [5, 5.41) is 9.35. The highest BCUT2D eigenvalue weighted by Crippen LogP contribution is 2.34. The summed E-state index contributed by atoms with van der Waals surface area (Å²) in [5.74, 6) is 0. The quantitative estimate of drug-likeness (QED) is 0.816. The number of hydrogen-bond acceptors (Lipinski definition) is 3. The van der Waals surface area contributed by atoms with Gasteiger partial charge >= 0.3 is 0 Å². The Bertz CT molecular complexity index is 343. The lowest BCUT2D eigenvalue weighted by Gasteiger charge is -2.34. The molecule has 0 bridgehead atoms. The fourth-order valence-corrected chi connectivity index (χ4v) is 4.81. The van der Waals surface area contributed by atoms with E-state index < -0.39 is 16.1 Å². The van der Waals surface area contributed by atoms with Gasteiger partial charge in [-0.05, 0) is 32.6 Å². The molecule has 0 saturated heterocycles. The maximum atomic E-state index is 12.3. The van der Waals surface area contributed by atoms with Crippen LogP contribution in [0.5, 0.6) is 0 Å². The van der Waals surface area contributed by atoms with Crippen molar-refractivity contribution < 1.29 is 13.5 Å². The molecule has 5 heteroatoms. The van der Waals surface area contributed by atoms with Gasteiger partial charge < -0.3 is 5.11 Å². The first-order valence-corrected chi connectivity index (χ1v) is 8.21. The van der Waals surface area contributed by atoms with Gasteiger partial charge in [0.15, 0.2) is 0 Å². The Morgan fingerprint density at radius 1 is 1.18 bits per heavy atom. The van der Waals surface area contributed by atoms with Crippen LogP contribution in [0.3, 0.4) is 0 Å². The zero-order valence-electron chi connectivity index (χ0n) is 10.5. The highest BCUT2D eigenvalue weighted by atomic mass is 32.2. The molecule has 1 unspecified atom stereocenters. The summed E-state index contributed by atoms with van der Waals surface area (Å²) in [5.41, 5.74) is 0. The molecule has 0 aromatic heterocycles. The molecule has 0 aromatic rings. The van der Waals surface area contributed by atoms with Crippen LogP contribution in [0.15, 0.2) is 0 Å². The maximum absolute atomic E-state index is 12.3. The van der Waals surface area contributed by atoms with Gasteiger partial charge in [0.25, 0.3) is 0 Å². The Kier molecular flexibility index (Phi) is 4.10. The third kappa shape index (κ3) is 3.20. The van der Waals surface area contributed by atoms with Gasteiger partial charge in [0.1, 0.15) is 0 Å². The van der Waals surface area contributed by atoms with Crippen molar-refractivity contribution in [3.8, 4) is 0 Å². The van der Waals surface area contributed by atoms with Crippen molar-refractivity contribution in [2.45, 2.75) is 69.3 Å². The van der Waals surface area contributed by atoms with Crippen molar-refractivity contribution in [2.75, 3.05) is 6.54 Å². The summed E-state index contributed by atoms with van der Waals surface area (Å²) in [6, 6.07) is 0.129. The zero-order chi connectivity index (χ0) is 12.5. The molecule has 2 rings (SSSR count). The maximum Gasteiger partial charge on any atom is 0.217 e. The van der Waals surface area contributed by atoms with Crippen LogP contribution in [-0.4, -0.2) is 41.8 Å². The molecule has 2 aliphatic rings. The molecule has 0 aliphatic heterocycles. The summed E-state index contributed by atoms with van der Waals surface area (Å²) in [6.45, 7) is 1.93. The van der Waals surface area contributed by atoms with Gasteiger partial charge in [-0.25, -0.2) is 8.42 Å². The molecular weight excluding hydrogens is 238 g/mol. The lowest BCUT2D eigenvalue weighted by molar-refractivity contribution is 0.136. The molecule has 2 aliphatic carbocycles. The Labute approximate surface area is 104 Å². The topological polar surface area (TPSA) is 57.6 Å². The summed E-state index contributed by atoms with van der Waals surface area (Å²) < 4.78 is 26.3. The molecule has 0 aromatic carbocycles.